The van der Waals surface area contributed by atoms with Crippen molar-refractivity contribution in [2.24, 2.45) is 0 Å². The van der Waals surface area contributed by atoms with Gasteiger partial charge in [0.2, 0.25) is 0 Å². The first kappa shape index (κ1) is 19.6. The lowest BCUT2D eigenvalue weighted by Crippen LogP contribution is -2.27. The summed E-state index contributed by atoms with van der Waals surface area (Å²) in [5.74, 6) is 9.73. The predicted octanol–water partition coefficient (Wildman–Crippen LogP) is 2.41. The fourth-order valence-corrected chi connectivity index (χ4v) is 6.60. The number of hydrogen-bond donors (Lipinski definition) is 0. The van der Waals surface area contributed by atoms with E-state index in [1.54, 1.807) is 0 Å². The maximum atomic E-state index is 5.68. The highest BCUT2D eigenvalue weighted by molar-refractivity contribution is 8.03. The molecule has 130 valence electrons. The van der Waals surface area contributed by atoms with Gasteiger partial charge < -0.3 is 9.47 Å². The minimum atomic E-state index is 0.720. The fourth-order valence-electron chi connectivity index (χ4n) is 2.05. The van der Waals surface area contributed by atoms with Crippen LogP contribution in [0.5, 0.6) is 0 Å². The van der Waals surface area contributed by atoms with E-state index in [-0.39, 0.29) is 0 Å². The molecule has 8 heteroatoms. The van der Waals surface area contributed by atoms with Crippen molar-refractivity contribution < 1.29 is 9.47 Å². The molecule has 22 heavy (non-hydrogen) atoms. The van der Waals surface area contributed by atoms with Crippen molar-refractivity contribution in [1.82, 2.24) is 9.80 Å². The summed E-state index contributed by atoms with van der Waals surface area (Å²) in [7, 11) is 0. The quantitative estimate of drug-likeness (QED) is 0.559. The number of hydrogen-bond acceptors (Lipinski definition) is 8. The lowest BCUT2D eigenvalue weighted by molar-refractivity contribution is 0.0368. The van der Waals surface area contributed by atoms with Crippen LogP contribution < -0.4 is 0 Å². The van der Waals surface area contributed by atoms with Crippen molar-refractivity contribution >= 4 is 47.0 Å². The standard InChI is InChI=1S/C14H28N2O2S4/c1(15-11-19-7-8-20-12-15)3-17-5-6-18-4-2-16-13-21-9-10-22-14-16/h1-14H2. The average Bonchev–Trinajstić information content (AvgIpc) is 2.94. The Morgan fingerprint density at radius 3 is 1.27 bits per heavy atom. The Morgan fingerprint density at radius 1 is 0.545 bits per heavy atom. The van der Waals surface area contributed by atoms with Crippen LogP contribution >= 0.6 is 47.0 Å². The van der Waals surface area contributed by atoms with E-state index < -0.39 is 0 Å². The smallest absolute Gasteiger partial charge is 0.0701 e. The van der Waals surface area contributed by atoms with Crippen molar-refractivity contribution in [2.45, 2.75) is 0 Å². The number of ether oxygens (including phenoxy) is 2. The van der Waals surface area contributed by atoms with Gasteiger partial charge in [-0.25, -0.2) is 0 Å². The average molecular weight is 385 g/mol. The van der Waals surface area contributed by atoms with Crippen LogP contribution in [0.3, 0.4) is 0 Å². The zero-order valence-electron chi connectivity index (χ0n) is 13.2. The van der Waals surface area contributed by atoms with Gasteiger partial charge in [0.05, 0.1) is 26.4 Å². The van der Waals surface area contributed by atoms with E-state index in [0.29, 0.717) is 0 Å². The van der Waals surface area contributed by atoms with Crippen LogP contribution in [0.1, 0.15) is 0 Å². The Labute approximate surface area is 152 Å². The molecule has 0 bridgehead atoms. The Hall–Kier alpha value is 1.24. The Bertz CT molecular complexity index is 235. The third-order valence-electron chi connectivity index (χ3n) is 3.32. The molecule has 0 N–H and O–H groups in total. The summed E-state index contributed by atoms with van der Waals surface area (Å²) >= 11 is 8.12. The van der Waals surface area contributed by atoms with E-state index in [9.17, 15) is 0 Å². The van der Waals surface area contributed by atoms with Crippen molar-refractivity contribution in [3.8, 4) is 0 Å². The molecule has 0 amide bonds. The summed E-state index contributed by atoms with van der Waals surface area (Å²) in [6.07, 6.45) is 0. The van der Waals surface area contributed by atoms with Gasteiger partial charge in [-0.1, -0.05) is 0 Å². The molecule has 2 saturated heterocycles. The largest absolute Gasteiger partial charge is 0.378 e. The summed E-state index contributed by atoms with van der Waals surface area (Å²) in [6.45, 7) is 5.17. The molecule has 0 aliphatic carbocycles. The maximum Gasteiger partial charge on any atom is 0.0701 e. The van der Waals surface area contributed by atoms with Crippen LogP contribution in [0.2, 0.25) is 0 Å². The lowest BCUT2D eigenvalue weighted by atomic mass is 10.6. The van der Waals surface area contributed by atoms with Crippen LogP contribution in [0.15, 0.2) is 0 Å². The molecular formula is C14H28N2O2S4. The van der Waals surface area contributed by atoms with Gasteiger partial charge in [-0.3, -0.25) is 9.80 Å². The summed E-state index contributed by atoms with van der Waals surface area (Å²) in [6, 6.07) is 0. The second-order valence-electron chi connectivity index (χ2n) is 5.16. The van der Waals surface area contributed by atoms with Crippen molar-refractivity contribution in [3.63, 3.8) is 0 Å². The van der Waals surface area contributed by atoms with Gasteiger partial charge in [0.1, 0.15) is 0 Å². The van der Waals surface area contributed by atoms with Gasteiger partial charge in [-0.05, 0) is 0 Å². The highest BCUT2D eigenvalue weighted by Crippen LogP contribution is 2.17. The molecule has 0 radical (unpaired) electrons. The van der Waals surface area contributed by atoms with E-state index in [0.717, 1.165) is 63.0 Å². The summed E-state index contributed by atoms with van der Waals surface area (Å²) in [4.78, 5) is 4.94. The molecule has 0 aromatic rings. The van der Waals surface area contributed by atoms with E-state index in [1.165, 1.54) is 23.0 Å². The van der Waals surface area contributed by atoms with Gasteiger partial charge in [0.25, 0.3) is 0 Å². The van der Waals surface area contributed by atoms with Crippen LogP contribution in [-0.2, 0) is 9.47 Å². The number of rotatable bonds is 9. The zero-order valence-corrected chi connectivity index (χ0v) is 16.5. The zero-order chi connectivity index (χ0) is 15.3. The van der Waals surface area contributed by atoms with E-state index in [1.807, 2.05) is 47.0 Å². The molecule has 0 aromatic heterocycles. The SMILES string of the molecule is C(COCCN1CSCCSC1)OCCN1CSCCSC1. The second-order valence-corrected chi connectivity index (χ2v) is 9.46. The molecule has 2 heterocycles. The molecule has 0 atom stereocenters. The Balaban J connectivity index is 1.36. The first-order valence-corrected chi connectivity index (χ1v) is 12.5. The minimum Gasteiger partial charge on any atom is -0.378 e. The van der Waals surface area contributed by atoms with Crippen molar-refractivity contribution in [2.75, 3.05) is 86.0 Å². The topological polar surface area (TPSA) is 24.9 Å². The number of thioether (sulfide) groups is 4. The Morgan fingerprint density at radius 2 is 0.909 bits per heavy atom. The molecule has 2 rings (SSSR count). The van der Waals surface area contributed by atoms with Gasteiger partial charge in [0.15, 0.2) is 0 Å². The van der Waals surface area contributed by atoms with Gasteiger partial charge in [0, 0.05) is 59.6 Å². The minimum absolute atomic E-state index is 0.720. The predicted molar refractivity (Wildman–Crippen MR) is 104 cm³/mol. The molecule has 0 unspecified atom stereocenters. The van der Waals surface area contributed by atoms with Crippen LogP contribution in [0.25, 0.3) is 0 Å². The molecule has 0 spiro atoms. The maximum absolute atomic E-state index is 5.68. The van der Waals surface area contributed by atoms with E-state index in [2.05, 4.69) is 9.80 Å². The second kappa shape index (κ2) is 13.5. The summed E-state index contributed by atoms with van der Waals surface area (Å²) in [5, 5.41) is 0. The first-order chi connectivity index (χ1) is 10.9. The van der Waals surface area contributed by atoms with Crippen molar-refractivity contribution in [3.05, 3.63) is 0 Å². The molecule has 2 fully saturated rings. The lowest BCUT2D eigenvalue weighted by Gasteiger charge is -2.19. The molecule has 2 aliphatic heterocycles. The highest BCUT2D eigenvalue weighted by atomic mass is 32.2. The van der Waals surface area contributed by atoms with Crippen LogP contribution in [0, 0.1) is 0 Å². The summed E-state index contributed by atoms with van der Waals surface area (Å²) < 4.78 is 11.4. The molecule has 0 aromatic carbocycles. The third kappa shape index (κ3) is 9.52. The molecule has 2 aliphatic rings. The number of nitrogens with zero attached hydrogens (tertiary/aromatic N) is 2. The van der Waals surface area contributed by atoms with Gasteiger partial charge in [-0.2, -0.15) is 0 Å². The van der Waals surface area contributed by atoms with E-state index >= 15 is 0 Å². The van der Waals surface area contributed by atoms with Crippen molar-refractivity contribution in [1.29, 1.82) is 0 Å². The van der Waals surface area contributed by atoms with Gasteiger partial charge in [-0.15, -0.1) is 47.0 Å². The highest BCUT2D eigenvalue weighted by Gasteiger charge is 2.09. The normalized spacial score (nSPS) is 22.4. The third-order valence-corrected chi connectivity index (χ3v) is 7.99. The monoisotopic (exact) mass is 384 g/mol. The Kier molecular flexibility index (Phi) is 12.0. The van der Waals surface area contributed by atoms with Crippen LogP contribution in [0.4, 0.5) is 0 Å². The first-order valence-electron chi connectivity index (χ1n) is 7.86. The molecule has 0 saturated carbocycles. The van der Waals surface area contributed by atoms with Gasteiger partial charge >= 0.3 is 0 Å². The van der Waals surface area contributed by atoms with Crippen LogP contribution in [-0.4, -0.2) is 95.8 Å². The fraction of sp³-hybridized carbons (Fsp3) is 1.00. The molecular weight excluding hydrogens is 356 g/mol. The molecule has 4 nitrogen and oxygen atoms in total. The van der Waals surface area contributed by atoms with E-state index in [4.69, 9.17) is 9.47 Å². The summed E-state index contributed by atoms with van der Waals surface area (Å²) in [5.41, 5.74) is 0.